The lowest BCUT2D eigenvalue weighted by molar-refractivity contribution is -0.128. The zero-order valence-electron chi connectivity index (χ0n) is 13.1. The van der Waals surface area contributed by atoms with Crippen LogP contribution in [0.1, 0.15) is 44.9 Å². The highest BCUT2D eigenvalue weighted by molar-refractivity contribution is 7.89. The molecule has 2 N–H and O–H groups in total. The van der Waals surface area contributed by atoms with Crippen molar-refractivity contribution in [2.24, 2.45) is 11.1 Å². The van der Waals surface area contributed by atoms with E-state index >= 15 is 0 Å². The lowest BCUT2D eigenvalue weighted by Crippen LogP contribution is -2.45. The Kier molecular flexibility index (Phi) is 4.75. The molecule has 0 radical (unpaired) electrons. The number of piperidine rings is 1. The Morgan fingerprint density at radius 2 is 1.82 bits per heavy atom. The van der Waals surface area contributed by atoms with Crippen molar-refractivity contribution >= 4 is 15.9 Å². The Labute approximate surface area is 133 Å². The van der Waals surface area contributed by atoms with Gasteiger partial charge in [-0.15, -0.1) is 0 Å². The molecule has 7 heteroatoms. The van der Waals surface area contributed by atoms with Crippen molar-refractivity contribution in [3.63, 3.8) is 0 Å². The number of primary sulfonamides is 1. The molecule has 2 unspecified atom stereocenters. The summed E-state index contributed by atoms with van der Waals surface area (Å²) in [5.41, 5.74) is 0. The van der Waals surface area contributed by atoms with Gasteiger partial charge in [-0.25, -0.2) is 13.6 Å². The highest BCUT2D eigenvalue weighted by Gasteiger charge is 2.38. The molecule has 1 aliphatic carbocycles. The molecule has 0 aromatic heterocycles. The lowest BCUT2D eigenvalue weighted by atomic mass is 9.95. The van der Waals surface area contributed by atoms with Crippen molar-refractivity contribution in [1.29, 1.82) is 0 Å². The van der Waals surface area contributed by atoms with Crippen LogP contribution >= 0.6 is 0 Å². The molecule has 0 bridgehead atoms. The highest BCUT2D eigenvalue weighted by atomic mass is 32.2. The van der Waals surface area contributed by atoms with Gasteiger partial charge in [-0.1, -0.05) is 12.8 Å². The predicted molar refractivity (Wildman–Crippen MR) is 84.6 cm³/mol. The summed E-state index contributed by atoms with van der Waals surface area (Å²) >= 11 is 0. The van der Waals surface area contributed by atoms with Crippen LogP contribution in [0.2, 0.25) is 0 Å². The van der Waals surface area contributed by atoms with E-state index < -0.39 is 15.3 Å². The third kappa shape index (κ3) is 3.63. The molecule has 1 amide bonds. The quantitative estimate of drug-likeness (QED) is 0.815. The lowest BCUT2D eigenvalue weighted by Gasteiger charge is -2.38. The maximum Gasteiger partial charge on any atom is 0.224 e. The predicted octanol–water partition coefficient (Wildman–Crippen LogP) is 0.530. The first kappa shape index (κ1) is 16.2. The summed E-state index contributed by atoms with van der Waals surface area (Å²) in [5.74, 6) is 0.412. The van der Waals surface area contributed by atoms with E-state index in [1.165, 1.54) is 38.6 Å². The summed E-state index contributed by atoms with van der Waals surface area (Å²) in [6.07, 6.45) is 7.66. The third-order valence-corrected chi connectivity index (χ3v) is 6.76. The van der Waals surface area contributed by atoms with Crippen LogP contribution in [0.25, 0.3) is 0 Å². The van der Waals surface area contributed by atoms with Crippen molar-refractivity contribution < 1.29 is 13.2 Å². The number of carbonyl (C=O) groups is 1. The molecule has 2 saturated heterocycles. The van der Waals surface area contributed by atoms with Gasteiger partial charge < -0.3 is 9.80 Å². The molecule has 3 fully saturated rings. The van der Waals surface area contributed by atoms with E-state index in [4.69, 9.17) is 5.14 Å². The number of hydrogen-bond donors (Lipinski definition) is 1. The summed E-state index contributed by atoms with van der Waals surface area (Å²) in [6.45, 7) is 3.19. The van der Waals surface area contributed by atoms with E-state index in [9.17, 15) is 13.2 Å². The number of sulfonamides is 1. The highest BCUT2D eigenvalue weighted by Crippen LogP contribution is 2.29. The number of amides is 1. The molecule has 3 rings (SSSR count). The average Bonchev–Trinajstić information content (AvgIpc) is 3.09. The molecule has 0 aromatic carbocycles. The first-order chi connectivity index (χ1) is 10.4. The van der Waals surface area contributed by atoms with Gasteiger partial charge in [-0.05, 0) is 38.1 Å². The molecule has 2 heterocycles. The van der Waals surface area contributed by atoms with Crippen molar-refractivity contribution in [1.82, 2.24) is 9.80 Å². The molecule has 3 aliphatic rings. The number of rotatable bonds is 4. The fourth-order valence-corrected chi connectivity index (χ4v) is 5.05. The minimum Gasteiger partial charge on any atom is -0.341 e. The molecule has 0 spiro atoms. The van der Waals surface area contributed by atoms with E-state index in [2.05, 4.69) is 4.90 Å². The van der Waals surface area contributed by atoms with Gasteiger partial charge in [-0.2, -0.15) is 0 Å². The number of nitrogens with zero attached hydrogens (tertiary/aromatic N) is 2. The van der Waals surface area contributed by atoms with Crippen LogP contribution in [0, 0.1) is 5.92 Å². The molecule has 1 saturated carbocycles. The van der Waals surface area contributed by atoms with Gasteiger partial charge in [0.1, 0.15) is 5.25 Å². The normalized spacial score (nSPS) is 32.0. The Hall–Kier alpha value is -0.660. The molecular formula is C15H27N3O3S. The average molecular weight is 329 g/mol. The fourth-order valence-electron chi connectivity index (χ4n) is 4.29. The second kappa shape index (κ2) is 6.45. The van der Waals surface area contributed by atoms with Crippen LogP contribution in [0.4, 0.5) is 0 Å². The minimum atomic E-state index is -3.61. The van der Waals surface area contributed by atoms with Crippen molar-refractivity contribution in [3.05, 3.63) is 0 Å². The van der Waals surface area contributed by atoms with Crippen LogP contribution in [0.5, 0.6) is 0 Å². The number of likely N-dealkylation sites (tertiary alicyclic amines) is 2. The fraction of sp³-hybridized carbons (Fsp3) is 0.933. The van der Waals surface area contributed by atoms with Gasteiger partial charge in [0.15, 0.2) is 0 Å². The van der Waals surface area contributed by atoms with Crippen LogP contribution in [-0.4, -0.2) is 61.6 Å². The molecule has 2 aliphatic heterocycles. The Morgan fingerprint density at radius 3 is 2.45 bits per heavy atom. The standard InChI is InChI=1S/C15H27N3O3S/c16-22(20,21)14-8-15(19)18(11-14)10-12-4-3-7-17(9-12)13-5-1-2-6-13/h12-14H,1-11H2,(H2,16,20,21). The van der Waals surface area contributed by atoms with Gasteiger partial charge in [0, 0.05) is 32.1 Å². The zero-order chi connectivity index (χ0) is 15.7. The molecule has 22 heavy (non-hydrogen) atoms. The van der Waals surface area contributed by atoms with Gasteiger partial charge in [-0.3, -0.25) is 4.79 Å². The maximum absolute atomic E-state index is 12.0. The van der Waals surface area contributed by atoms with Gasteiger partial charge in [0.05, 0.1) is 0 Å². The van der Waals surface area contributed by atoms with Crippen LogP contribution < -0.4 is 5.14 Å². The SMILES string of the molecule is NS(=O)(=O)C1CC(=O)N(CC2CCCN(C3CCCC3)C2)C1. The van der Waals surface area contributed by atoms with E-state index in [-0.39, 0.29) is 18.9 Å². The molecular weight excluding hydrogens is 302 g/mol. The maximum atomic E-state index is 12.0. The first-order valence-electron chi connectivity index (χ1n) is 8.47. The van der Waals surface area contributed by atoms with Crippen molar-refractivity contribution in [3.8, 4) is 0 Å². The molecule has 0 aromatic rings. The third-order valence-electron chi connectivity index (χ3n) is 5.51. The van der Waals surface area contributed by atoms with Crippen LogP contribution in [-0.2, 0) is 14.8 Å². The van der Waals surface area contributed by atoms with Gasteiger partial charge in [0.2, 0.25) is 15.9 Å². The van der Waals surface area contributed by atoms with Gasteiger partial charge in [0.25, 0.3) is 0 Å². The first-order valence-corrected chi connectivity index (χ1v) is 10.1. The Balaban J connectivity index is 1.55. The Morgan fingerprint density at radius 1 is 1.09 bits per heavy atom. The molecule has 2 atom stereocenters. The van der Waals surface area contributed by atoms with Crippen LogP contribution in [0.3, 0.4) is 0 Å². The summed E-state index contributed by atoms with van der Waals surface area (Å²) in [6, 6.07) is 0.731. The Bertz CT molecular complexity index is 516. The summed E-state index contributed by atoms with van der Waals surface area (Å²) in [4.78, 5) is 16.4. The van der Waals surface area contributed by atoms with E-state index in [0.717, 1.165) is 19.0 Å². The van der Waals surface area contributed by atoms with E-state index in [1.807, 2.05) is 0 Å². The smallest absolute Gasteiger partial charge is 0.224 e. The summed E-state index contributed by atoms with van der Waals surface area (Å²) in [7, 11) is -3.61. The number of hydrogen-bond acceptors (Lipinski definition) is 4. The van der Waals surface area contributed by atoms with Gasteiger partial charge >= 0.3 is 0 Å². The van der Waals surface area contributed by atoms with E-state index in [1.54, 1.807) is 4.90 Å². The second-order valence-electron chi connectivity index (χ2n) is 7.16. The minimum absolute atomic E-state index is 0.0535. The number of nitrogens with two attached hydrogens (primary N) is 1. The van der Waals surface area contributed by atoms with Crippen LogP contribution in [0.15, 0.2) is 0 Å². The summed E-state index contributed by atoms with van der Waals surface area (Å²) in [5, 5.41) is 4.47. The monoisotopic (exact) mass is 329 g/mol. The second-order valence-corrected chi connectivity index (χ2v) is 9.00. The molecule has 126 valence electrons. The zero-order valence-corrected chi connectivity index (χ0v) is 13.9. The van der Waals surface area contributed by atoms with Crippen molar-refractivity contribution in [2.45, 2.75) is 56.2 Å². The largest absolute Gasteiger partial charge is 0.341 e. The van der Waals surface area contributed by atoms with Crippen molar-refractivity contribution in [2.75, 3.05) is 26.2 Å². The molecule has 6 nitrogen and oxygen atoms in total. The summed E-state index contributed by atoms with van der Waals surface area (Å²) < 4.78 is 22.9. The topological polar surface area (TPSA) is 83.7 Å². The van der Waals surface area contributed by atoms with E-state index in [0.29, 0.717) is 12.5 Å². The number of carbonyl (C=O) groups excluding carboxylic acids is 1.